The first-order valence-corrected chi connectivity index (χ1v) is 7.32. The van der Waals surface area contributed by atoms with E-state index in [2.05, 4.69) is 15.9 Å². The Morgan fingerprint density at radius 1 is 1.15 bits per heavy atom. The SMILES string of the molecule is O=[N+]([O-])c1ccccc1COc1c(Cl)cccc1CBr. The van der Waals surface area contributed by atoms with Gasteiger partial charge in [-0.1, -0.05) is 51.8 Å². The average molecular weight is 357 g/mol. The average Bonchev–Trinajstić information content (AvgIpc) is 2.46. The Bertz CT molecular complexity index is 634. The lowest BCUT2D eigenvalue weighted by molar-refractivity contribution is -0.385. The first-order chi connectivity index (χ1) is 9.63. The Balaban J connectivity index is 2.24. The first-order valence-electron chi connectivity index (χ1n) is 5.82. The Kier molecular flexibility index (Phi) is 4.98. The van der Waals surface area contributed by atoms with E-state index in [9.17, 15) is 10.1 Å². The number of nitro groups is 1. The molecule has 2 aromatic rings. The Labute approximate surface area is 129 Å². The summed E-state index contributed by atoms with van der Waals surface area (Å²) in [5.74, 6) is 0.546. The van der Waals surface area contributed by atoms with E-state index in [1.165, 1.54) is 6.07 Å². The smallest absolute Gasteiger partial charge is 0.276 e. The zero-order valence-corrected chi connectivity index (χ0v) is 12.7. The van der Waals surface area contributed by atoms with Crippen LogP contribution in [-0.4, -0.2) is 4.92 Å². The molecule has 4 nitrogen and oxygen atoms in total. The Morgan fingerprint density at radius 3 is 2.55 bits per heavy atom. The molecule has 0 atom stereocenters. The predicted molar refractivity (Wildman–Crippen MR) is 81.5 cm³/mol. The molecule has 0 aromatic heterocycles. The summed E-state index contributed by atoms with van der Waals surface area (Å²) in [5, 5.41) is 12.0. The normalized spacial score (nSPS) is 10.3. The highest BCUT2D eigenvalue weighted by atomic mass is 79.9. The number of para-hydroxylation sites is 2. The zero-order valence-electron chi connectivity index (χ0n) is 10.4. The molecular weight excluding hydrogens is 346 g/mol. The van der Waals surface area contributed by atoms with Crippen LogP contribution in [0.2, 0.25) is 5.02 Å². The quantitative estimate of drug-likeness (QED) is 0.442. The van der Waals surface area contributed by atoms with Gasteiger partial charge >= 0.3 is 0 Å². The van der Waals surface area contributed by atoms with E-state index >= 15 is 0 Å². The van der Waals surface area contributed by atoms with Crippen LogP contribution in [0, 0.1) is 10.1 Å². The summed E-state index contributed by atoms with van der Waals surface area (Å²) in [5.41, 5.74) is 1.45. The third-order valence-corrected chi connectivity index (χ3v) is 3.65. The number of hydrogen-bond donors (Lipinski definition) is 0. The summed E-state index contributed by atoms with van der Waals surface area (Å²) in [6, 6.07) is 11.9. The number of nitrogens with zero attached hydrogens (tertiary/aromatic N) is 1. The number of halogens is 2. The molecular formula is C14H11BrClNO3. The van der Waals surface area contributed by atoms with Crippen LogP contribution in [0.1, 0.15) is 11.1 Å². The lowest BCUT2D eigenvalue weighted by atomic mass is 10.2. The second kappa shape index (κ2) is 6.72. The number of hydrogen-bond acceptors (Lipinski definition) is 3. The van der Waals surface area contributed by atoms with Gasteiger partial charge in [0.15, 0.2) is 0 Å². The number of rotatable bonds is 5. The molecule has 0 spiro atoms. The second-order valence-electron chi connectivity index (χ2n) is 4.04. The monoisotopic (exact) mass is 355 g/mol. The van der Waals surface area contributed by atoms with Crippen molar-refractivity contribution in [3.05, 3.63) is 68.7 Å². The van der Waals surface area contributed by atoms with Crippen LogP contribution < -0.4 is 4.74 Å². The molecule has 0 N–H and O–H groups in total. The highest BCUT2D eigenvalue weighted by Gasteiger charge is 2.14. The van der Waals surface area contributed by atoms with E-state index in [1.54, 1.807) is 24.3 Å². The molecule has 2 rings (SSSR count). The van der Waals surface area contributed by atoms with E-state index in [4.69, 9.17) is 16.3 Å². The molecule has 0 amide bonds. The molecule has 0 saturated carbocycles. The summed E-state index contributed by atoms with van der Waals surface area (Å²) < 4.78 is 5.67. The molecule has 0 aliphatic heterocycles. The molecule has 0 aliphatic rings. The van der Waals surface area contributed by atoms with Crippen LogP contribution in [0.4, 0.5) is 5.69 Å². The van der Waals surface area contributed by atoms with Gasteiger partial charge in [-0.25, -0.2) is 0 Å². The highest BCUT2D eigenvalue weighted by Crippen LogP contribution is 2.31. The fourth-order valence-electron chi connectivity index (χ4n) is 1.78. The minimum atomic E-state index is -0.420. The van der Waals surface area contributed by atoms with Gasteiger partial charge in [-0.05, 0) is 12.1 Å². The molecule has 0 saturated heterocycles. The molecule has 0 aliphatic carbocycles. The van der Waals surface area contributed by atoms with E-state index in [-0.39, 0.29) is 12.3 Å². The molecule has 6 heteroatoms. The zero-order chi connectivity index (χ0) is 14.5. The van der Waals surface area contributed by atoms with Gasteiger partial charge in [0, 0.05) is 17.0 Å². The second-order valence-corrected chi connectivity index (χ2v) is 5.00. The summed E-state index contributed by atoms with van der Waals surface area (Å²) >= 11 is 9.46. The van der Waals surface area contributed by atoms with Crippen molar-refractivity contribution in [3.8, 4) is 5.75 Å². The van der Waals surface area contributed by atoms with Gasteiger partial charge in [0.1, 0.15) is 12.4 Å². The largest absolute Gasteiger partial charge is 0.487 e. The van der Waals surface area contributed by atoms with Crippen LogP contribution in [0.25, 0.3) is 0 Å². The number of ether oxygens (including phenoxy) is 1. The molecule has 20 heavy (non-hydrogen) atoms. The van der Waals surface area contributed by atoms with E-state index in [0.29, 0.717) is 21.7 Å². The Hall–Kier alpha value is -1.59. The van der Waals surface area contributed by atoms with Crippen LogP contribution in [0.5, 0.6) is 5.75 Å². The van der Waals surface area contributed by atoms with Gasteiger partial charge in [0.25, 0.3) is 5.69 Å². The molecule has 104 valence electrons. The Morgan fingerprint density at radius 2 is 1.85 bits per heavy atom. The van der Waals surface area contributed by atoms with E-state index < -0.39 is 4.92 Å². The van der Waals surface area contributed by atoms with Gasteiger partial charge in [0.05, 0.1) is 15.5 Å². The van der Waals surface area contributed by atoms with Crippen LogP contribution in [0.3, 0.4) is 0 Å². The van der Waals surface area contributed by atoms with Crippen molar-refractivity contribution in [1.82, 2.24) is 0 Å². The summed E-state index contributed by atoms with van der Waals surface area (Å²) in [6.45, 7) is 0.0981. The molecule has 2 aromatic carbocycles. The van der Waals surface area contributed by atoms with Crippen LogP contribution >= 0.6 is 27.5 Å². The lowest BCUT2D eigenvalue weighted by Crippen LogP contribution is -2.02. The first kappa shape index (κ1) is 14.8. The number of nitro benzene ring substituents is 1. The minimum absolute atomic E-state index is 0.0416. The minimum Gasteiger partial charge on any atom is -0.487 e. The molecule has 0 fully saturated rings. The van der Waals surface area contributed by atoms with Crippen molar-refractivity contribution in [1.29, 1.82) is 0 Å². The van der Waals surface area contributed by atoms with Crippen molar-refractivity contribution in [3.63, 3.8) is 0 Å². The summed E-state index contributed by atoms with van der Waals surface area (Å²) in [6.07, 6.45) is 0. The van der Waals surface area contributed by atoms with E-state index in [1.807, 2.05) is 12.1 Å². The predicted octanol–water partition coefficient (Wildman–Crippen LogP) is 4.72. The third-order valence-electron chi connectivity index (χ3n) is 2.75. The number of benzene rings is 2. The third kappa shape index (κ3) is 3.29. The van der Waals surface area contributed by atoms with Crippen molar-refractivity contribution in [2.75, 3.05) is 0 Å². The fourth-order valence-corrected chi connectivity index (χ4v) is 2.47. The number of alkyl halides is 1. The van der Waals surface area contributed by atoms with Crippen LogP contribution in [0.15, 0.2) is 42.5 Å². The molecule has 0 unspecified atom stereocenters. The topological polar surface area (TPSA) is 52.4 Å². The van der Waals surface area contributed by atoms with Crippen molar-refractivity contribution < 1.29 is 9.66 Å². The van der Waals surface area contributed by atoms with Gasteiger partial charge in [0.2, 0.25) is 0 Å². The highest BCUT2D eigenvalue weighted by molar-refractivity contribution is 9.08. The van der Waals surface area contributed by atoms with Gasteiger partial charge in [-0.15, -0.1) is 0 Å². The lowest BCUT2D eigenvalue weighted by Gasteiger charge is -2.11. The van der Waals surface area contributed by atoms with Gasteiger partial charge in [-0.3, -0.25) is 10.1 Å². The standard InChI is InChI=1S/C14H11BrClNO3/c15-8-10-5-3-6-12(16)14(10)20-9-11-4-1-2-7-13(11)17(18)19/h1-7H,8-9H2. The van der Waals surface area contributed by atoms with Crippen molar-refractivity contribution in [2.24, 2.45) is 0 Å². The maximum atomic E-state index is 10.9. The molecule has 0 bridgehead atoms. The molecule has 0 heterocycles. The van der Waals surface area contributed by atoms with Gasteiger partial charge in [-0.2, -0.15) is 0 Å². The van der Waals surface area contributed by atoms with E-state index in [0.717, 1.165) is 5.56 Å². The maximum Gasteiger partial charge on any atom is 0.276 e. The summed E-state index contributed by atoms with van der Waals surface area (Å²) in [4.78, 5) is 10.5. The van der Waals surface area contributed by atoms with Crippen molar-refractivity contribution >= 4 is 33.2 Å². The van der Waals surface area contributed by atoms with Gasteiger partial charge < -0.3 is 4.74 Å². The van der Waals surface area contributed by atoms with Crippen LogP contribution in [-0.2, 0) is 11.9 Å². The fraction of sp³-hybridized carbons (Fsp3) is 0.143. The maximum absolute atomic E-state index is 10.9. The summed E-state index contributed by atoms with van der Waals surface area (Å²) in [7, 11) is 0. The van der Waals surface area contributed by atoms with Crippen molar-refractivity contribution in [2.45, 2.75) is 11.9 Å². The molecule has 0 radical (unpaired) electrons.